The molecule has 1 aliphatic carbocycles. The summed E-state index contributed by atoms with van der Waals surface area (Å²) >= 11 is 0. The van der Waals surface area contributed by atoms with Gasteiger partial charge in [0.05, 0.1) is 5.54 Å². The normalized spacial score (nSPS) is 32.2. The highest BCUT2D eigenvalue weighted by Crippen LogP contribution is 2.40. The fraction of sp³-hybridized carbons (Fsp3) is 0.588. The Bertz CT molecular complexity index is 504. The van der Waals surface area contributed by atoms with E-state index in [0.717, 1.165) is 38.6 Å². The average molecular weight is 287 g/mol. The van der Waals surface area contributed by atoms with Crippen molar-refractivity contribution >= 4 is 6.03 Å². The van der Waals surface area contributed by atoms with E-state index in [1.165, 1.54) is 5.56 Å². The third kappa shape index (κ3) is 2.77. The topological polar surface area (TPSA) is 44.4 Å². The van der Waals surface area contributed by atoms with Gasteiger partial charge in [0, 0.05) is 12.1 Å². The maximum absolute atomic E-state index is 11.5. The number of hydrogen-bond acceptors (Lipinski definition) is 2. The first kappa shape index (κ1) is 14.4. The maximum Gasteiger partial charge on any atom is 0.315 e. The molecule has 0 aromatic heterocycles. The van der Waals surface area contributed by atoms with E-state index < -0.39 is 0 Å². The Kier molecular flexibility index (Phi) is 3.66. The van der Waals surface area contributed by atoms with Crippen molar-refractivity contribution in [3.05, 3.63) is 35.9 Å². The van der Waals surface area contributed by atoms with Crippen molar-refractivity contribution in [1.82, 2.24) is 15.5 Å². The average Bonchev–Trinajstić information content (AvgIpc) is 2.84. The summed E-state index contributed by atoms with van der Waals surface area (Å²) in [5.41, 5.74) is 1.60. The Morgan fingerprint density at radius 2 is 1.76 bits per heavy atom. The van der Waals surface area contributed by atoms with Crippen LogP contribution >= 0.6 is 0 Å². The first-order chi connectivity index (χ1) is 10.0. The molecule has 21 heavy (non-hydrogen) atoms. The van der Waals surface area contributed by atoms with Gasteiger partial charge in [-0.25, -0.2) is 4.79 Å². The summed E-state index contributed by atoms with van der Waals surface area (Å²) in [7, 11) is 4.37. The van der Waals surface area contributed by atoms with Gasteiger partial charge in [-0.2, -0.15) is 0 Å². The van der Waals surface area contributed by atoms with E-state index in [4.69, 9.17) is 0 Å². The van der Waals surface area contributed by atoms with E-state index in [-0.39, 0.29) is 17.1 Å². The van der Waals surface area contributed by atoms with Gasteiger partial charge in [0.1, 0.15) is 0 Å². The molecule has 114 valence electrons. The Morgan fingerprint density at radius 3 is 2.29 bits per heavy atom. The molecular weight excluding hydrogens is 262 g/mol. The largest absolute Gasteiger partial charge is 0.336 e. The monoisotopic (exact) mass is 287 g/mol. The zero-order chi connectivity index (χ0) is 14.9. The first-order valence-corrected chi connectivity index (χ1v) is 7.81. The van der Waals surface area contributed by atoms with Crippen LogP contribution in [0.3, 0.4) is 0 Å². The molecule has 1 aromatic carbocycles. The number of likely N-dealkylation sites (N-methyl/N-ethyl adjacent to an activating group) is 1. The van der Waals surface area contributed by atoms with Crippen LogP contribution in [0, 0.1) is 0 Å². The highest BCUT2D eigenvalue weighted by atomic mass is 16.2. The zero-order valence-electron chi connectivity index (χ0n) is 13.0. The van der Waals surface area contributed by atoms with Crippen LogP contribution in [0.5, 0.6) is 0 Å². The third-order valence-corrected chi connectivity index (χ3v) is 5.43. The molecule has 1 aromatic rings. The van der Waals surface area contributed by atoms with Crippen LogP contribution in [-0.2, 0) is 6.42 Å². The van der Waals surface area contributed by atoms with Crippen molar-refractivity contribution < 1.29 is 4.79 Å². The molecular formula is C17H25N3O. The molecule has 4 nitrogen and oxygen atoms in total. The molecule has 1 spiro atoms. The van der Waals surface area contributed by atoms with Crippen molar-refractivity contribution in [2.24, 2.45) is 0 Å². The van der Waals surface area contributed by atoms with Gasteiger partial charge in [-0.15, -0.1) is 0 Å². The van der Waals surface area contributed by atoms with Crippen molar-refractivity contribution in [1.29, 1.82) is 0 Å². The van der Waals surface area contributed by atoms with Gasteiger partial charge in [0.15, 0.2) is 0 Å². The van der Waals surface area contributed by atoms with Gasteiger partial charge in [-0.1, -0.05) is 30.3 Å². The molecule has 1 aliphatic heterocycles. The van der Waals surface area contributed by atoms with E-state index in [2.05, 4.69) is 60.0 Å². The minimum absolute atomic E-state index is 0.00425. The predicted molar refractivity (Wildman–Crippen MR) is 84.3 cm³/mol. The molecule has 1 saturated heterocycles. The Labute approximate surface area is 126 Å². The molecule has 0 unspecified atom stereocenters. The van der Waals surface area contributed by atoms with Crippen molar-refractivity contribution in [2.75, 3.05) is 20.6 Å². The molecule has 2 N–H and O–H groups in total. The van der Waals surface area contributed by atoms with Crippen LogP contribution in [0.2, 0.25) is 0 Å². The Morgan fingerprint density at radius 1 is 1.10 bits per heavy atom. The lowest BCUT2D eigenvalue weighted by Gasteiger charge is -2.48. The van der Waals surface area contributed by atoms with Crippen LogP contribution in [0.25, 0.3) is 0 Å². The molecule has 0 radical (unpaired) electrons. The van der Waals surface area contributed by atoms with Gasteiger partial charge >= 0.3 is 6.03 Å². The molecule has 2 amide bonds. The lowest BCUT2D eigenvalue weighted by molar-refractivity contribution is 0.0675. The highest BCUT2D eigenvalue weighted by Gasteiger charge is 2.46. The number of nitrogens with one attached hydrogen (secondary N) is 2. The van der Waals surface area contributed by atoms with Crippen LogP contribution in [0.1, 0.15) is 31.2 Å². The number of carbonyl (C=O) groups excluding carboxylic acids is 1. The summed E-state index contributed by atoms with van der Waals surface area (Å²) < 4.78 is 0. The van der Waals surface area contributed by atoms with E-state index in [1.807, 2.05) is 0 Å². The highest BCUT2D eigenvalue weighted by molar-refractivity contribution is 5.77. The summed E-state index contributed by atoms with van der Waals surface area (Å²) in [5, 5.41) is 6.06. The van der Waals surface area contributed by atoms with E-state index >= 15 is 0 Å². The van der Waals surface area contributed by atoms with E-state index in [1.54, 1.807) is 0 Å². The molecule has 0 bridgehead atoms. The van der Waals surface area contributed by atoms with E-state index in [9.17, 15) is 4.79 Å². The second-order valence-corrected chi connectivity index (χ2v) is 6.87. The first-order valence-electron chi connectivity index (χ1n) is 7.81. The second-order valence-electron chi connectivity index (χ2n) is 6.87. The van der Waals surface area contributed by atoms with Gasteiger partial charge in [-0.3, -0.25) is 0 Å². The number of carbonyl (C=O) groups is 1. The number of benzene rings is 1. The number of amides is 2. The number of urea groups is 1. The Hall–Kier alpha value is -1.55. The molecule has 0 atom stereocenters. The van der Waals surface area contributed by atoms with Crippen LogP contribution < -0.4 is 10.6 Å². The van der Waals surface area contributed by atoms with Gasteiger partial charge in [0.25, 0.3) is 0 Å². The van der Waals surface area contributed by atoms with Crippen LogP contribution in [0.4, 0.5) is 4.79 Å². The van der Waals surface area contributed by atoms with Crippen LogP contribution in [0.15, 0.2) is 30.3 Å². The summed E-state index contributed by atoms with van der Waals surface area (Å²) in [6.07, 6.45) is 5.43. The second kappa shape index (κ2) is 5.34. The van der Waals surface area contributed by atoms with E-state index in [0.29, 0.717) is 0 Å². The number of rotatable bonds is 3. The molecule has 4 heteroatoms. The molecule has 1 saturated carbocycles. The summed E-state index contributed by atoms with van der Waals surface area (Å²) in [5.74, 6) is 0. The van der Waals surface area contributed by atoms with Gasteiger partial charge in [0.2, 0.25) is 0 Å². The van der Waals surface area contributed by atoms with Crippen molar-refractivity contribution in [2.45, 2.75) is 43.2 Å². The molecule has 1 heterocycles. The standard InChI is InChI=1S/C17H25N3O/c1-20(2)17(12-14-6-4-3-5-7-14)10-8-16(9-11-17)13-18-15(21)19-16/h3-7H,8-13H2,1-2H3,(H2,18,19,21). The number of hydrogen-bond donors (Lipinski definition) is 2. The summed E-state index contributed by atoms with van der Waals surface area (Å²) in [4.78, 5) is 13.9. The summed E-state index contributed by atoms with van der Waals surface area (Å²) in [6, 6.07) is 10.7. The predicted octanol–water partition coefficient (Wildman–Crippen LogP) is 2.16. The minimum Gasteiger partial charge on any atom is -0.336 e. The fourth-order valence-electron chi connectivity index (χ4n) is 3.83. The fourth-order valence-corrected chi connectivity index (χ4v) is 3.83. The van der Waals surface area contributed by atoms with Gasteiger partial charge in [-0.05, 0) is 51.8 Å². The van der Waals surface area contributed by atoms with Crippen molar-refractivity contribution in [3.8, 4) is 0 Å². The zero-order valence-corrected chi connectivity index (χ0v) is 13.0. The quantitative estimate of drug-likeness (QED) is 0.895. The smallest absolute Gasteiger partial charge is 0.315 e. The Balaban J connectivity index is 1.74. The summed E-state index contributed by atoms with van der Waals surface area (Å²) in [6.45, 7) is 0.778. The molecule has 2 aliphatic rings. The lowest BCUT2D eigenvalue weighted by atomic mass is 9.69. The molecule has 3 rings (SSSR count). The SMILES string of the molecule is CN(C)C1(Cc2ccccc2)CCC2(CC1)CNC(=O)N2. The third-order valence-electron chi connectivity index (χ3n) is 5.43. The minimum atomic E-state index is -0.00667. The van der Waals surface area contributed by atoms with Gasteiger partial charge < -0.3 is 15.5 Å². The lowest BCUT2D eigenvalue weighted by Crippen LogP contribution is -2.56. The maximum atomic E-state index is 11.5. The molecule has 2 fully saturated rings. The van der Waals surface area contributed by atoms with Crippen molar-refractivity contribution in [3.63, 3.8) is 0 Å². The number of nitrogens with zero attached hydrogens (tertiary/aromatic N) is 1. The van der Waals surface area contributed by atoms with Crippen LogP contribution in [-0.4, -0.2) is 42.6 Å².